The van der Waals surface area contributed by atoms with E-state index >= 15 is 0 Å². The molecule has 0 aliphatic carbocycles. The molecule has 2 aromatic rings. The Morgan fingerprint density at radius 1 is 1.20 bits per heavy atom. The van der Waals surface area contributed by atoms with E-state index in [-0.39, 0.29) is 10.9 Å². The maximum absolute atomic E-state index is 12.4. The average Bonchev–Trinajstić information content (AvgIpc) is 2.89. The smallest absolute Gasteiger partial charge is 0.254 e. The van der Waals surface area contributed by atoms with E-state index in [4.69, 9.17) is 0 Å². The van der Waals surface area contributed by atoms with Crippen LogP contribution >= 0.6 is 0 Å². The standard InChI is InChI=1S/C14H19N3O2S/c1-3-4-7-10-20(18,19)14-16-15-11-17(14)13-9-6-5-8-12(13)2/h5-6,8-9,11H,3-4,7,10H2,1-2H3. The Labute approximate surface area is 119 Å². The van der Waals surface area contributed by atoms with Crippen LogP contribution in [0.4, 0.5) is 0 Å². The maximum Gasteiger partial charge on any atom is 0.254 e. The highest BCUT2D eigenvalue weighted by Crippen LogP contribution is 2.18. The average molecular weight is 293 g/mol. The molecule has 0 N–H and O–H groups in total. The number of hydrogen-bond acceptors (Lipinski definition) is 4. The molecular formula is C14H19N3O2S. The van der Waals surface area contributed by atoms with Crippen molar-refractivity contribution in [3.05, 3.63) is 36.2 Å². The predicted octanol–water partition coefficient (Wildman–Crippen LogP) is 2.54. The van der Waals surface area contributed by atoms with Crippen LogP contribution in [0.15, 0.2) is 35.7 Å². The highest BCUT2D eigenvalue weighted by atomic mass is 32.2. The highest BCUT2D eigenvalue weighted by molar-refractivity contribution is 7.91. The molecule has 2 rings (SSSR count). The van der Waals surface area contributed by atoms with Gasteiger partial charge in [-0.3, -0.25) is 4.57 Å². The van der Waals surface area contributed by atoms with Crippen molar-refractivity contribution in [1.29, 1.82) is 0 Å². The number of nitrogens with zero attached hydrogens (tertiary/aromatic N) is 3. The summed E-state index contributed by atoms with van der Waals surface area (Å²) in [4.78, 5) is 0. The van der Waals surface area contributed by atoms with Crippen LogP contribution in [0.5, 0.6) is 0 Å². The van der Waals surface area contributed by atoms with E-state index in [9.17, 15) is 8.42 Å². The molecule has 0 aliphatic heterocycles. The molecule has 20 heavy (non-hydrogen) atoms. The summed E-state index contributed by atoms with van der Waals surface area (Å²) in [6, 6.07) is 7.58. The fraction of sp³-hybridized carbons (Fsp3) is 0.429. The summed E-state index contributed by atoms with van der Waals surface area (Å²) in [5.41, 5.74) is 1.78. The molecule has 0 saturated carbocycles. The van der Waals surface area contributed by atoms with Crippen LogP contribution in [0.1, 0.15) is 31.7 Å². The van der Waals surface area contributed by atoms with Crippen molar-refractivity contribution in [2.75, 3.05) is 5.75 Å². The van der Waals surface area contributed by atoms with E-state index in [1.807, 2.05) is 38.1 Å². The van der Waals surface area contributed by atoms with E-state index in [0.29, 0.717) is 6.42 Å². The molecule has 108 valence electrons. The molecular weight excluding hydrogens is 274 g/mol. The fourth-order valence-electron chi connectivity index (χ4n) is 2.07. The third-order valence-electron chi connectivity index (χ3n) is 3.19. The monoisotopic (exact) mass is 293 g/mol. The predicted molar refractivity (Wildman–Crippen MR) is 77.7 cm³/mol. The van der Waals surface area contributed by atoms with Gasteiger partial charge in [0, 0.05) is 0 Å². The molecule has 1 aromatic carbocycles. The normalized spacial score (nSPS) is 11.7. The molecule has 1 heterocycles. The number of aromatic nitrogens is 3. The summed E-state index contributed by atoms with van der Waals surface area (Å²) in [6.45, 7) is 3.98. The van der Waals surface area contributed by atoms with Gasteiger partial charge in [0.1, 0.15) is 6.33 Å². The van der Waals surface area contributed by atoms with Crippen LogP contribution in [0, 0.1) is 6.92 Å². The Hall–Kier alpha value is -1.69. The fourth-order valence-corrected chi connectivity index (χ4v) is 3.45. The summed E-state index contributed by atoms with van der Waals surface area (Å²) in [7, 11) is -3.40. The molecule has 0 atom stereocenters. The molecule has 0 spiro atoms. The Kier molecular flexibility index (Phi) is 4.54. The summed E-state index contributed by atoms with van der Waals surface area (Å²) >= 11 is 0. The van der Waals surface area contributed by atoms with Gasteiger partial charge in [-0.15, -0.1) is 10.2 Å². The van der Waals surface area contributed by atoms with E-state index < -0.39 is 9.84 Å². The summed E-state index contributed by atoms with van der Waals surface area (Å²) in [6.07, 6.45) is 3.99. The summed E-state index contributed by atoms with van der Waals surface area (Å²) in [5, 5.41) is 7.61. The van der Waals surface area contributed by atoms with Gasteiger partial charge in [-0.2, -0.15) is 0 Å². The lowest BCUT2D eigenvalue weighted by Crippen LogP contribution is -2.13. The topological polar surface area (TPSA) is 64.8 Å². The van der Waals surface area contributed by atoms with Gasteiger partial charge in [0.2, 0.25) is 9.84 Å². The van der Waals surface area contributed by atoms with Gasteiger partial charge in [0.15, 0.2) is 0 Å². The first-order valence-electron chi connectivity index (χ1n) is 6.75. The lowest BCUT2D eigenvalue weighted by Gasteiger charge is -2.09. The van der Waals surface area contributed by atoms with E-state index in [1.54, 1.807) is 4.57 Å². The lowest BCUT2D eigenvalue weighted by atomic mass is 10.2. The van der Waals surface area contributed by atoms with Gasteiger partial charge >= 0.3 is 0 Å². The number of sulfone groups is 1. The molecule has 0 radical (unpaired) electrons. The molecule has 0 bridgehead atoms. The van der Waals surface area contributed by atoms with Crippen molar-refractivity contribution in [2.24, 2.45) is 0 Å². The van der Waals surface area contributed by atoms with Crippen LogP contribution in [0.2, 0.25) is 0 Å². The van der Waals surface area contributed by atoms with Crippen molar-refractivity contribution >= 4 is 9.84 Å². The van der Waals surface area contributed by atoms with Crippen molar-refractivity contribution in [2.45, 2.75) is 38.3 Å². The van der Waals surface area contributed by atoms with Gasteiger partial charge < -0.3 is 0 Å². The summed E-state index contributed by atoms with van der Waals surface area (Å²) in [5.74, 6) is 0.116. The third kappa shape index (κ3) is 3.07. The Balaban J connectivity index is 2.36. The zero-order chi connectivity index (χ0) is 14.6. The van der Waals surface area contributed by atoms with Crippen molar-refractivity contribution in [3.8, 4) is 5.69 Å². The summed E-state index contributed by atoms with van der Waals surface area (Å²) < 4.78 is 26.3. The molecule has 0 aliphatic rings. The number of aryl methyl sites for hydroxylation is 1. The van der Waals surface area contributed by atoms with Gasteiger partial charge in [0.25, 0.3) is 5.16 Å². The molecule has 1 aromatic heterocycles. The number of hydrogen-bond donors (Lipinski definition) is 0. The van der Waals surface area contributed by atoms with E-state index in [0.717, 1.165) is 24.1 Å². The zero-order valence-electron chi connectivity index (χ0n) is 11.8. The number of benzene rings is 1. The first-order valence-corrected chi connectivity index (χ1v) is 8.40. The molecule has 0 saturated heterocycles. The maximum atomic E-state index is 12.4. The largest absolute Gasteiger partial charge is 0.272 e. The van der Waals surface area contributed by atoms with Crippen LogP contribution in [-0.2, 0) is 9.84 Å². The van der Waals surface area contributed by atoms with Crippen LogP contribution in [0.3, 0.4) is 0 Å². The van der Waals surface area contributed by atoms with Crippen LogP contribution in [-0.4, -0.2) is 28.9 Å². The minimum Gasteiger partial charge on any atom is -0.272 e. The van der Waals surface area contributed by atoms with E-state index in [1.165, 1.54) is 6.33 Å². The SMILES string of the molecule is CCCCCS(=O)(=O)c1nncn1-c1ccccc1C. The van der Waals surface area contributed by atoms with Gasteiger partial charge in [-0.1, -0.05) is 38.0 Å². The Morgan fingerprint density at radius 2 is 1.95 bits per heavy atom. The van der Waals surface area contributed by atoms with Crippen LogP contribution in [0.25, 0.3) is 5.69 Å². The second-order valence-corrected chi connectivity index (χ2v) is 6.80. The van der Waals surface area contributed by atoms with E-state index in [2.05, 4.69) is 10.2 Å². The van der Waals surface area contributed by atoms with Gasteiger partial charge in [-0.25, -0.2) is 8.42 Å². The molecule has 0 fully saturated rings. The molecule has 0 unspecified atom stereocenters. The first-order chi connectivity index (χ1) is 9.56. The molecule has 0 amide bonds. The molecule has 5 nitrogen and oxygen atoms in total. The zero-order valence-corrected chi connectivity index (χ0v) is 12.6. The Bertz CT molecular complexity index is 677. The van der Waals surface area contributed by atoms with Gasteiger partial charge in [0.05, 0.1) is 11.4 Å². The van der Waals surface area contributed by atoms with Gasteiger partial charge in [-0.05, 0) is 25.0 Å². The third-order valence-corrected chi connectivity index (χ3v) is 4.85. The highest BCUT2D eigenvalue weighted by Gasteiger charge is 2.22. The second-order valence-electron chi connectivity index (χ2n) is 4.80. The van der Waals surface area contributed by atoms with Crippen LogP contribution < -0.4 is 0 Å². The Morgan fingerprint density at radius 3 is 2.65 bits per heavy atom. The number of para-hydroxylation sites is 1. The van der Waals surface area contributed by atoms with Crippen molar-refractivity contribution < 1.29 is 8.42 Å². The minimum absolute atomic E-state index is 0.0305. The number of rotatable bonds is 6. The molecule has 6 heteroatoms. The van der Waals surface area contributed by atoms with Crippen molar-refractivity contribution in [1.82, 2.24) is 14.8 Å². The second kappa shape index (κ2) is 6.17. The first kappa shape index (κ1) is 14.7. The lowest BCUT2D eigenvalue weighted by molar-refractivity contribution is 0.578. The quantitative estimate of drug-likeness (QED) is 0.768. The van der Waals surface area contributed by atoms with Crippen molar-refractivity contribution in [3.63, 3.8) is 0 Å². The minimum atomic E-state index is -3.40. The number of unbranched alkanes of at least 4 members (excludes halogenated alkanes) is 2.